The Hall–Kier alpha value is -1.34. The van der Waals surface area contributed by atoms with Crippen LogP contribution in [0.25, 0.3) is 0 Å². The van der Waals surface area contributed by atoms with Crippen molar-refractivity contribution >= 4 is 18.5 Å². The number of nitrogens with two attached hydrogens (primary N) is 1. The molecule has 0 aliphatic heterocycles. The zero-order valence-corrected chi connectivity index (χ0v) is 10.8. The van der Waals surface area contributed by atoms with Gasteiger partial charge in [0.2, 0.25) is 11.8 Å². The Morgan fingerprint density at radius 1 is 1.50 bits per heavy atom. The van der Waals surface area contributed by atoms with Crippen molar-refractivity contribution in [2.75, 3.05) is 0 Å². The van der Waals surface area contributed by atoms with Gasteiger partial charge < -0.3 is 4.74 Å². The van der Waals surface area contributed by atoms with Crippen LogP contribution in [0.5, 0.6) is 5.88 Å². The van der Waals surface area contributed by atoms with E-state index in [0.717, 1.165) is 12.8 Å². The van der Waals surface area contributed by atoms with Crippen LogP contribution in [0.3, 0.4) is 0 Å². The van der Waals surface area contributed by atoms with E-state index in [1.54, 1.807) is 18.6 Å². The van der Waals surface area contributed by atoms with Gasteiger partial charge in [-0.15, -0.1) is 0 Å². The van der Waals surface area contributed by atoms with Crippen LogP contribution < -0.4 is 16.0 Å². The zero-order chi connectivity index (χ0) is 13.0. The summed E-state index contributed by atoms with van der Waals surface area (Å²) in [6, 6.07) is 0. The third-order valence-corrected chi connectivity index (χ3v) is 3.79. The quantitative estimate of drug-likeness (QED) is 0.321. The highest BCUT2D eigenvalue weighted by Gasteiger charge is 2.39. The molecule has 18 heavy (non-hydrogen) atoms. The van der Waals surface area contributed by atoms with Crippen LogP contribution in [-0.2, 0) is 4.79 Å². The molecule has 3 N–H and O–H groups in total. The molecule has 1 aliphatic rings. The molecular formula is C11H16N4O2S. The van der Waals surface area contributed by atoms with E-state index in [1.807, 2.05) is 0 Å². The van der Waals surface area contributed by atoms with Gasteiger partial charge in [0.05, 0.1) is 10.9 Å². The molecule has 0 bridgehead atoms. The fourth-order valence-corrected chi connectivity index (χ4v) is 2.39. The Morgan fingerprint density at radius 2 is 2.22 bits per heavy atom. The monoisotopic (exact) mass is 268 g/mol. The molecule has 0 radical (unpaired) electrons. The lowest BCUT2D eigenvalue weighted by Gasteiger charge is -2.34. The van der Waals surface area contributed by atoms with Gasteiger partial charge in [-0.2, -0.15) is 12.6 Å². The predicted octanol–water partition coefficient (Wildman–Crippen LogP) is 0.456. The maximum Gasteiger partial charge on any atom is 0.249 e. The van der Waals surface area contributed by atoms with Crippen molar-refractivity contribution in [3.05, 3.63) is 18.6 Å². The van der Waals surface area contributed by atoms with Crippen molar-refractivity contribution < 1.29 is 9.53 Å². The largest absolute Gasteiger partial charge is 0.473 e. The van der Waals surface area contributed by atoms with Crippen molar-refractivity contribution in [2.24, 2.45) is 5.84 Å². The fraction of sp³-hybridized carbons (Fsp3) is 0.545. The summed E-state index contributed by atoms with van der Waals surface area (Å²) in [5, 5.41) is 0. The van der Waals surface area contributed by atoms with Crippen molar-refractivity contribution in [3.8, 4) is 5.88 Å². The maximum atomic E-state index is 11.6. The van der Waals surface area contributed by atoms with E-state index >= 15 is 0 Å². The topological polar surface area (TPSA) is 90.1 Å². The highest BCUT2D eigenvalue weighted by molar-refractivity contribution is 7.82. The summed E-state index contributed by atoms with van der Waals surface area (Å²) in [6.45, 7) is 0. The molecule has 7 heteroatoms. The van der Waals surface area contributed by atoms with Gasteiger partial charge in [0.1, 0.15) is 6.10 Å². The minimum Gasteiger partial charge on any atom is -0.473 e. The number of amides is 1. The molecule has 0 atom stereocenters. The lowest BCUT2D eigenvalue weighted by atomic mass is 9.86. The Labute approximate surface area is 111 Å². The van der Waals surface area contributed by atoms with Gasteiger partial charge in [-0.1, -0.05) is 0 Å². The van der Waals surface area contributed by atoms with Gasteiger partial charge in [0.25, 0.3) is 0 Å². The number of nitrogens with one attached hydrogen (secondary N) is 1. The second-order valence-corrected chi connectivity index (χ2v) is 5.22. The van der Waals surface area contributed by atoms with E-state index < -0.39 is 4.75 Å². The van der Waals surface area contributed by atoms with Crippen LogP contribution in [0.2, 0.25) is 0 Å². The van der Waals surface area contributed by atoms with Crippen LogP contribution in [0.4, 0.5) is 0 Å². The third kappa shape index (κ3) is 2.91. The number of carbonyl (C=O) groups is 1. The Balaban J connectivity index is 1.89. The lowest BCUT2D eigenvalue weighted by molar-refractivity contribution is -0.124. The number of hydrogen-bond donors (Lipinski definition) is 3. The van der Waals surface area contributed by atoms with Crippen LogP contribution >= 0.6 is 12.6 Å². The smallest absolute Gasteiger partial charge is 0.249 e. The van der Waals surface area contributed by atoms with E-state index in [2.05, 4.69) is 28.0 Å². The molecule has 2 rings (SSSR count). The molecule has 1 saturated carbocycles. The second-order valence-electron chi connectivity index (χ2n) is 4.37. The normalized spacial score (nSPS) is 27.6. The average Bonchev–Trinajstić information content (AvgIpc) is 2.42. The summed E-state index contributed by atoms with van der Waals surface area (Å²) in [7, 11) is 0. The fourth-order valence-electron chi connectivity index (χ4n) is 2.07. The van der Waals surface area contributed by atoms with E-state index in [4.69, 9.17) is 10.6 Å². The molecule has 1 aromatic heterocycles. The summed E-state index contributed by atoms with van der Waals surface area (Å²) >= 11 is 4.42. The van der Waals surface area contributed by atoms with Gasteiger partial charge in [0, 0.05) is 12.4 Å². The zero-order valence-electron chi connectivity index (χ0n) is 9.87. The van der Waals surface area contributed by atoms with Crippen molar-refractivity contribution in [2.45, 2.75) is 36.5 Å². The minimum atomic E-state index is -0.684. The molecule has 98 valence electrons. The Kier molecular flexibility index (Phi) is 4.03. The summed E-state index contributed by atoms with van der Waals surface area (Å²) in [5.74, 6) is 5.43. The van der Waals surface area contributed by atoms with Crippen molar-refractivity contribution in [3.63, 3.8) is 0 Å². The predicted molar refractivity (Wildman–Crippen MR) is 69.0 cm³/mol. The summed E-state index contributed by atoms with van der Waals surface area (Å²) in [6.07, 6.45) is 7.55. The lowest BCUT2D eigenvalue weighted by Crippen LogP contribution is -2.48. The molecular weight excluding hydrogens is 252 g/mol. The van der Waals surface area contributed by atoms with Gasteiger partial charge in [-0.05, 0) is 25.7 Å². The highest BCUT2D eigenvalue weighted by Crippen LogP contribution is 2.35. The minimum absolute atomic E-state index is 0.0487. The molecule has 0 unspecified atom stereocenters. The summed E-state index contributed by atoms with van der Waals surface area (Å²) < 4.78 is 5.01. The average molecular weight is 268 g/mol. The maximum absolute atomic E-state index is 11.6. The second kappa shape index (κ2) is 5.53. The van der Waals surface area contributed by atoms with Crippen LogP contribution in [0.1, 0.15) is 25.7 Å². The molecule has 0 saturated heterocycles. The van der Waals surface area contributed by atoms with Gasteiger partial charge in [-0.3, -0.25) is 15.2 Å². The Morgan fingerprint density at radius 3 is 2.78 bits per heavy atom. The van der Waals surface area contributed by atoms with Crippen LogP contribution in [0, 0.1) is 0 Å². The first-order valence-electron chi connectivity index (χ1n) is 5.80. The number of nitrogens with zero attached hydrogens (tertiary/aromatic N) is 2. The van der Waals surface area contributed by atoms with E-state index in [-0.39, 0.29) is 12.0 Å². The van der Waals surface area contributed by atoms with Crippen LogP contribution in [0.15, 0.2) is 18.6 Å². The van der Waals surface area contributed by atoms with Gasteiger partial charge >= 0.3 is 0 Å². The first kappa shape index (κ1) is 13.1. The molecule has 6 nitrogen and oxygen atoms in total. The van der Waals surface area contributed by atoms with Crippen molar-refractivity contribution in [1.82, 2.24) is 15.4 Å². The van der Waals surface area contributed by atoms with E-state index in [1.165, 1.54) is 0 Å². The molecule has 1 aromatic rings. The summed E-state index contributed by atoms with van der Waals surface area (Å²) in [5.41, 5.74) is 2.16. The molecule has 1 fully saturated rings. The number of carbonyl (C=O) groups excluding carboxylic acids is 1. The number of hydrazine groups is 1. The number of aromatic nitrogens is 2. The number of rotatable bonds is 3. The number of hydrogen-bond acceptors (Lipinski definition) is 6. The van der Waals surface area contributed by atoms with Gasteiger partial charge in [0.15, 0.2) is 0 Å². The van der Waals surface area contributed by atoms with Gasteiger partial charge in [-0.25, -0.2) is 10.8 Å². The molecule has 0 aromatic carbocycles. The molecule has 1 amide bonds. The highest BCUT2D eigenvalue weighted by atomic mass is 32.1. The van der Waals surface area contributed by atoms with Crippen LogP contribution in [-0.4, -0.2) is 26.7 Å². The molecule has 1 aliphatic carbocycles. The van der Waals surface area contributed by atoms with E-state index in [9.17, 15) is 4.79 Å². The SMILES string of the molecule is NNC(=O)C1(S)CCC(Oc2cnccn2)CC1. The van der Waals surface area contributed by atoms with E-state index in [0.29, 0.717) is 18.7 Å². The Bertz CT molecular complexity index is 407. The molecule has 0 spiro atoms. The third-order valence-electron chi connectivity index (χ3n) is 3.14. The standard InChI is InChI=1S/C11H16N4O2S/c12-15-10(16)11(18)3-1-8(2-4-11)17-9-7-13-5-6-14-9/h5-8,18H,1-4,12H2,(H,15,16). The van der Waals surface area contributed by atoms with Crippen molar-refractivity contribution in [1.29, 1.82) is 0 Å². The molecule has 1 heterocycles. The summed E-state index contributed by atoms with van der Waals surface area (Å²) in [4.78, 5) is 19.6. The first-order chi connectivity index (χ1) is 8.64. The number of ether oxygens (including phenoxy) is 1. The first-order valence-corrected chi connectivity index (χ1v) is 6.25. The number of thiol groups is 1.